The number of hydrogen-bond acceptors (Lipinski definition) is 3. The summed E-state index contributed by atoms with van der Waals surface area (Å²) in [5.41, 5.74) is 3.69. The molecule has 0 bridgehead atoms. The SMILES string of the molecule is O=C(CCCc1c[nH]c2ccccc12)N[C@@H]1CCCN(Cc2cccnc2)C1. The summed E-state index contributed by atoms with van der Waals surface area (Å²) in [4.78, 5) is 22.3. The van der Waals surface area contributed by atoms with E-state index in [0.717, 1.165) is 50.8 Å². The molecule has 4 rings (SSSR count). The predicted octanol–water partition coefficient (Wildman–Crippen LogP) is 3.67. The van der Waals surface area contributed by atoms with Gasteiger partial charge < -0.3 is 10.3 Å². The first-order valence-electron chi connectivity index (χ1n) is 10.2. The van der Waals surface area contributed by atoms with Crippen LogP contribution in [0.3, 0.4) is 0 Å². The Morgan fingerprint density at radius 3 is 3.07 bits per heavy atom. The van der Waals surface area contributed by atoms with Crippen molar-refractivity contribution >= 4 is 16.8 Å². The molecule has 5 nitrogen and oxygen atoms in total. The fourth-order valence-electron chi connectivity index (χ4n) is 4.14. The summed E-state index contributed by atoms with van der Waals surface area (Å²) >= 11 is 0. The molecule has 1 atom stereocenters. The number of piperidine rings is 1. The lowest BCUT2D eigenvalue weighted by atomic mass is 10.0. The molecular formula is C23H28N4O. The molecule has 3 aromatic rings. The second-order valence-corrected chi connectivity index (χ2v) is 7.72. The number of pyridine rings is 1. The molecule has 1 amide bonds. The molecule has 2 N–H and O–H groups in total. The van der Waals surface area contributed by atoms with Crippen LogP contribution < -0.4 is 5.32 Å². The normalized spacial score (nSPS) is 17.6. The summed E-state index contributed by atoms with van der Waals surface area (Å²) in [6.07, 6.45) is 10.4. The largest absolute Gasteiger partial charge is 0.361 e. The molecule has 0 unspecified atom stereocenters. The van der Waals surface area contributed by atoms with Crippen molar-refractivity contribution < 1.29 is 4.79 Å². The van der Waals surface area contributed by atoms with Crippen molar-refractivity contribution in [3.63, 3.8) is 0 Å². The molecule has 1 saturated heterocycles. The number of rotatable bonds is 7. The van der Waals surface area contributed by atoms with Crippen molar-refractivity contribution in [1.29, 1.82) is 0 Å². The van der Waals surface area contributed by atoms with E-state index in [1.165, 1.54) is 16.5 Å². The summed E-state index contributed by atoms with van der Waals surface area (Å²) in [5.74, 6) is 0.174. The number of H-pyrrole nitrogens is 1. The smallest absolute Gasteiger partial charge is 0.220 e. The van der Waals surface area contributed by atoms with Gasteiger partial charge in [-0.3, -0.25) is 14.7 Å². The maximum Gasteiger partial charge on any atom is 0.220 e. The molecule has 2 aromatic heterocycles. The standard InChI is InChI=1S/C23H28N4O/c28-23(11-3-7-19-15-25-22-10-2-1-9-21(19)22)26-20-8-5-13-27(17-20)16-18-6-4-12-24-14-18/h1-2,4,6,9-10,12,14-15,20,25H,3,5,7-8,11,13,16-17H2,(H,26,28)/t20-/m1/s1. The van der Waals surface area contributed by atoms with Gasteiger partial charge in [-0.1, -0.05) is 24.3 Å². The van der Waals surface area contributed by atoms with Crippen LogP contribution >= 0.6 is 0 Å². The molecular weight excluding hydrogens is 348 g/mol. The van der Waals surface area contributed by atoms with Gasteiger partial charge in [-0.15, -0.1) is 0 Å². The van der Waals surface area contributed by atoms with Crippen LogP contribution in [0.25, 0.3) is 10.9 Å². The second-order valence-electron chi connectivity index (χ2n) is 7.72. The second kappa shape index (κ2) is 9.02. The van der Waals surface area contributed by atoms with Gasteiger partial charge in [-0.25, -0.2) is 0 Å². The van der Waals surface area contributed by atoms with Gasteiger partial charge in [0.1, 0.15) is 0 Å². The van der Waals surface area contributed by atoms with E-state index in [4.69, 9.17) is 0 Å². The first-order valence-corrected chi connectivity index (χ1v) is 10.2. The van der Waals surface area contributed by atoms with Gasteiger partial charge in [0.25, 0.3) is 0 Å². The molecule has 0 radical (unpaired) electrons. The van der Waals surface area contributed by atoms with Gasteiger partial charge >= 0.3 is 0 Å². The quantitative estimate of drug-likeness (QED) is 0.661. The van der Waals surface area contributed by atoms with E-state index in [2.05, 4.69) is 50.6 Å². The van der Waals surface area contributed by atoms with E-state index in [9.17, 15) is 4.79 Å². The van der Waals surface area contributed by atoms with Crippen LogP contribution in [0.2, 0.25) is 0 Å². The van der Waals surface area contributed by atoms with Crippen molar-refractivity contribution in [2.45, 2.75) is 44.7 Å². The van der Waals surface area contributed by atoms with Gasteiger partial charge in [-0.2, -0.15) is 0 Å². The van der Waals surface area contributed by atoms with Crippen LogP contribution in [0.15, 0.2) is 55.0 Å². The van der Waals surface area contributed by atoms with Crippen molar-refractivity contribution in [2.75, 3.05) is 13.1 Å². The minimum Gasteiger partial charge on any atom is -0.361 e. The van der Waals surface area contributed by atoms with E-state index in [1.807, 2.05) is 18.3 Å². The van der Waals surface area contributed by atoms with Crippen LogP contribution in [-0.2, 0) is 17.8 Å². The topological polar surface area (TPSA) is 61.0 Å². The molecule has 3 heterocycles. The average Bonchev–Trinajstić information content (AvgIpc) is 3.12. The Morgan fingerprint density at radius 1 is 1.25 bits per heavy atom. The summed E-state index contributed by atoms with van der Waals surface area (Å²) in [5, 5.41) is 4.51. The third-order valence-electron chi connectivity index (χ3n) is 5.52. The molecule has 0 spiro atoms. The van der Waals surface area contributed by atoms with Crippen LogP contribution in [0.5, 0.6) is 0 Å². The number of aryl methyl sites for hydroxylation is 1. The Morgan fingerprint density at radius 2 is 2.18 bits per heavy atom. The zero-order chi connectivity index (χ0) is 19.2. The number of hydrogen-bond donors (Lipinski definition) is 2. The summed E-state index contributed by atoms with van der Waals surface area (Å²) < 4.78 is 0. The molecule has 146 valence electrons. The summed E-state index contributed by atoms with van der Waals surface area (Å²) in [6, 6.07) is 12.7. The number of nitrogens with zero attached hydrogens (tertiary/aromatic N) is 2. The van der Waals surface area contributed by atoms with Gasteiger partial charge in [0.2, 0.25) is 5.91 Å². The van der Waals surface area contributed by atoms with Crippen LogP contribution in [0, 0.1) is 0 Å². The number of benzene rings is 1. The Hall–Kier alpha value is -2.66. The summed E-state index contributed by atoms with van der Waals surface area (Å²) in [7, 11) is 0. The number of likely N-dealkylation sites (tertiary alicyclic amines) is 1. The number of fused-ring (bicyclic) bond motifs is 1. The third kappa shape index (κ3) is 4.78. The van der Waals surface area contributed by atoms with E-state index in [1.54, 1.807) is 6.20 Å². The predicted molar refractivity (Wildman–Crippen MR) is 112 cm³/mol. The molecule has 1 aliphatic rings. The fraction of sp³-hybridized carbons (Fsp3) is 0.391. The first kappa shape index (κ1) is 18.7. The Labute approximate surface area is 166 Å². The fourth-order valence-corrected chi connectivity index (χ4v) is 4.14. The molecule has 0 aliphatic carbocycles. The van der Waals surface area contributed by atoms with Gasteiger partial charge in [0.05, 0.1) is 0 Å². The lowest BCUT2D eigenvalue weighted by molar-refractivity contribution is -0.122. The van der Waals surface area contributed by atoms with E-state index in [0.29, 0.717) is 6.42 Å². The number of aromatic nitrogens is 2. The van der Waals surface area contributed by atoms with E-state index < -0.39 is 0 Å². The molecule has 1 fully saturated rings. The molecule has 28 heavy (non-hydrogen) atoms. The van der Waals surface area contributed by atoms with Crippen molar-refractivity contribution in [3.05, 3.63) is 66.1 Å². The first-order chi connectivity index (χ1) is 13.8. The zero-order valence-electron chi connectivity index (χ0n) is 16.2. The van der Waals surface area contributed by atoms with Crippen molar-refractivity contribution in [1.82, 2.24) is 20.2 Å². The highest BCUT2D eigenvalue weighted by Gasteiger charge is 2.21. The van der Waals surface area contributed by atoms with E-state index in [-0.39, 0.29) is 11.9 Å². The van der Waals surface area contributed by atoms with Gasteiger partial charge in [0.15, 0.2) is 0 Å². The van der Waals surface area contributed by atoms with Crippen LogP contribution in [-0.4, -0.2) is 39.9 Å². The molecule has 0 saturated carbocycles. The highest BCUT2D eigenvalue weighted by atomic mass is 16.1. The minimum absolute atomic E-state index is 0.174. The average molecular weight is 377 g/mol. The lowest BCUT2D eigenvalue weighted by Gasteiger charge is -2.33. The number of carbonyl (C=O) groups excluding carboxylic acids is 1. The molecule has 1 aromatic carbocycles. The van der Waals surface area contributed by atoms with E-state index >= 15 is 0 Å². The van der Waals surface area contributed by atoms with Gasteiger partial charge in [-0.05, 0) is 55.5 Å². The molecule has 5 heteroatoms. The monoisotopic (exact) mass is 376 g/mol. The number of carbonyl (C=O) groups is 1. The third-order valence-corrected chi connectivity index (χ3v) is 5.52. The highest BCUT2D eigenvalue weighted by molar-refractivity contribution is 5.83. The Balaban J connectivity index is 1.22. The zero-order valence-corrected chi connectivity index (χ0v) is 16.2. The Kier molecular flexibility index (Phi) is 6.02. The number of aromatic amines is 1. The maximum atomic E-state index is 12.4. The minimum atomic E-state index is 0.174. The molecule has 1 aliphatic heterocycles. The number of nitrogens with one attached hydrogen (secondary N) is 2. The van der Waals surface area contributed by atoms with Crippen molar-refractivity contribution in [2.24, 2.45) is 0 Å². The number of amides is 1. The van der Waals surface area contributed by atoms with Crippen LogP contribution in [0.4, 0.5) is 0 Å². The maximum absolute atomic E-state index is 12.4. The number of para-hydroxylation sites is 1. The Bertz CT molecular complexity index is 905. The van der Waals surface area contributed by atoms with Crippen molar-refractivity contribution in [3.8, 4) is 0 Å². The van der Waals surface area contributed by atoms with Crippen LogP contribution in [0.1, 0.15) is 36.8 Å². The highest BCUT2D eigenvalue weighted by Crippen LogP contribution is 2.19. The lowest BCUT2D eigenvalue weighted by Crippen LogP contribution is -2.47. The van der Waals surface area contributed by atoms with Gasteiger partial charge in [0, 0.05) is 55.0 Å². The summed E-state index contributed by atoms with van der Waals surface area (Å²) in [6.45, 7) is 2.91.